The van der Waals surface area contributed by atoms with Crippen molar-refractivity contribution in [2.75, 3.05) is 7.11 Å². The van der Waals surface area contributed by atoms with E-state index < -0.39 is 0 Å². The molecule has 5 heteroatoms. The van der Waals surface area contributed by atoms with Gasteiger partial charge in [-0.15, -0.1) is 0 Å². The van der Waals surface area contributed by atoms with Crippen LogP contribution in [0.3, 0.4) is 0 Å². The first-order chi connectivity index (χ1) is 8.76. The molecular formula is C13H16N2O2S. The molecule has 0 fully saturated rings. The minimum atomic E-state index is 0.0126. The van der Waals surface area contributed by atoms with E-state index in [1.165, 1.54) is 0 Å². The third-order valence-electron chi connectivity index (χ3n) is 2.75. The van der Waals surface area contributed by atoms with Crippen LogP contribution in [0.5, 0.6) is 5.75 Å². The molecule has 96 valence electrons. The number of methoxy groups -OCH3 is 1. The summed E-state index contributed by atoms with van der Waals surface area (Å²) in [5.41, 5.74) is 1.95. The van der Waals surface area contributed by atoms with Gasteiger partial charge in [-0.1, -0.05) is 30.0 Å². The predicted molar refractivity (Wildman–Crippen MR) is 71.7 cm³/mol. The number of ether oxygens (including phenoxy) is 1. The van der Waals surface area contributed by atoms with Crippen molar-refractivity contribution >= 4 is 11.8 Å². The molecule has 0 unspecified atom stereocenters. The Hall–Kier alpha value is -1.46. The highest BCUT2D eigenvalue weighted by atomic mass is 32.2. The number of para-hydroxylation sites is 1. The summed E-state index contributed by atoms with van der Waals surface area (Å²) in [4.78, 5) is 4.28. The van der Waals surface area contributed by atoms with E-state index in [9.17, 15) is 0 Å². The minimum absolute atomic E-state index is 0.0126. The van der Waals surface area contributed by atoms with Crippen LogP contribution in [0.15, 0.2) is 35.6 Å². The van der Waals surface area contributed by atoms with Gasteiger partial charge in [-0.3, -0.25) is 0 Å². The van der Waals surface area contributed by atoms with Crippen molar-refractivity contribution in [1.82, 2.24) is 9.55 Å². The fourth-order valence-electron chi connectivity index (χ4n) is 1.67. The number of rotatable bonds is 5. The Kier molecular flexibility index (Phi) is 4.28. The smallest absolute Gasteiger partial charge is 0.168 e. The lowest BCUT2D eigenvalue weighted by molar-refractivity contribution is 0.271. The first kappa shape index (κ1) is 13.0. The van der Waals surface area contributed by atoms with Crippen molar-refractivity contribution < 1.29 is 9.84 Å². The van der Waals surface area contributed by atoms with Gasteiger partial charge in [0.2, 0.25) is 0 Å². The van der Waals surface area contributed by atoms with Crippen molar-refractivity contribution in [2.24, 2.45) is 7.05 Å². The Morgan fingerprint density at radius 2 is 2.17 bits per heavy atom. The SMILES string of the molecule is COc1ccccc1CSc1ncc(CO)n1C. The summed E-state index contributed by atoms with van der Waals surface area (Å²) in [6.45, 7) is 0.0126. The van der Waals surface area contributed by atoms with E-state index >= 15 is 0 Å². The monoisotopic (exact) mass is 264 g/mol. The Labute approximate surface area is 111 Å². The molecule has 4 nitrogen and oxygen atoms in total. The van der Waals surface area contributed by atoms with Gasteiger partial charge >= 0.3 is 0 Å². The Balaban J connectivity index is 2.09. The highest BCUT2D eigenvalue weighted by Gasteiger charge is 2.08. The summed E-state index contributed by atoms with van der Waals surface area (Å²) in [5, 5.41) is 10.0. The van der Waals surface area contributed by atoms with E-state index in [-0.39, 0.29) is 6.61 Å². The lowest BCUT2D eigenvalue weighted by atomic mass is 10.2. The normalized spacial score (nSPS) is 10.6. The van der Waals surface area contributed by atoms with Crippen LogP contribution >= 0.6 is 11.8 Å². The van der Waals surface area contributed by atoms with Gasteiger partial charge in [-0.2, -0.15) is 0 Å². The molecule has 1 aromatic heterocycles. The van der Waals surface area contributed by atoms with Gasteiger partial charge in [0.1, 0.15) is 5.75 Å². The molecule has 0 saturated carbocycles. The summed E-state index contributed by atoms with van der Waals surface area (Å²) >= 11 is 1.63. The number of aromatic nitrogens is 2. The predicted octanol–water partition coefficient (Wildman–Crippen LogP) is 2.21. The number of hydrogen-bond acceptors (Lipinski definition) is 4. The zero-order valence-corrected chi connectivity index (χ0v) is 11.3. The summed E-state index contributed by atoms with van der Waals surface area (Å²) in [6, 6.07) is 7.95. The van der Waals surface area contributed by atoms with E-state index in [0.717, 1.165) is 27.9 Å². The van der Waals surface area contributed by atoms with Gasteiger partial charge in [-0.25, -0.2) is 4.98 Å². The first-order valence-corrected chi connectivity index (χ1v) is 6.61. The molecule has 0 radical (unpaired) electrons. The Bertz CT molecular complexity index is 525. The number of benzene rings is 1. The van der Waals surface area contributed by atoms with E-state index in [4.69, 9.17) is 9.84 Å². The van der Waals surface area contributed by atoms with Crippen LogP contribution in [0.25, 0.3) is 0 Å². The van der Waals surface area contributed by atoms with Gasteiger partial charge in [0.15, 0.2) is 5.16 Å². The van der Waals surface area contributed by atoms with Crippen molar-refractivity contribution in [2.45, 2.75) is 17.5 Å². The number of aliphatic hydroxyl groups excluding tert-OH is 1. The van der Waals surface area contributed by atoms with Crippen molar-refractivity contribution in [3.05, 3.63) is 41.7 Å². The molecule has 1 N–H and O–H groups in total. The molecule has 2 rings (SSSR count). The minimum Gasteiger partial charge on any atom is -0.496 e. The molecule has 1 heterocycles. The van der Waals surface area contributed by atoms with Gasteiger partial charge in [0, 0.05) is 18.4 Å². The Morgan fingerprint density at radius 1 is 1.39 bits per heavy atom. The lowest BCUT2D eigenvalue weighted by Crippen LogP contribution is -1.97. The van der Waals surface area contributed by atoms with Gasteiger partial charge in [-0.05, 0) is 6.07 Å². The first-order valence-electron chi connectivity index (χ1n) is 5.62. The highest BCUT2D eigenvalue weighted by Crippen LogP contribution is 2.27. The second kappa shape index (κ2) is 5.93. The third-order valence-corrected chi connectivity index (χ3v) is 3.85. The van der Waals surface area contributed by atoms with E-state index in [0.29, 0.717) is 0 Å². The van der Waals surface area contributed by atoms with Crippen LogP contribution < -0.4 is 4.74 Å². The second-order valence-corrected chi connectivity index (χ2v) is 4.79. The molecule has 0 aliphatic carbocycles. The number of nitrogens with zero attached hydrogens (tertiary/aromatic N) is 2. The van der Waals surface area contributed by atoms with E-state index in [2.05, 4.69) is 4.98 Å². The standard InChI is InChI=1S/C13H16N2O2S/c1-15-11(8-16)7-14-13(15)18-9-10-5-3-4-6-12(10)17-2/h3-7,16H,8-9H2,1-2H3. The maximum absolute atomic E-state index is 9.11. The fraction of sp³-hybridized carbons (Fsp3) is 0.308. The Morgan fingerprint density at radius 3 is 2.83 bits per heavy atom. The molecule has 0 bridgehead atoms. The molecule has 0 amide bonds. The molecule has 2 aromatic rings. The van der Waals surface area contributed by atoms with Crippen LogP contribution in [-0.4, -0.2) is 21.8 Å². The quantitative estimate of drug-likeness (QED) is 0.841. The maximum atomic E-state index is 9.11. The molecule has 18 heavy (non-hydrogen) atoms. The molecule has 0 atom stereocenters. The molecular weight excluding hydrogens is 248 g/mol. The molecule has 1 aromatic carbocycles. The fourth-order valence-corrected chi connectivity index (χ4v) is 2.63. The summed E-state index contributed by atoms with van der Waals surface area (Å²) < 4.78 is 7.21. The summed E-state index contributed by atoms with van der Waals surface area (Å²) in [7, 11) is 3.58. The van der Waals surface area contributed by atoms with Crippen molar-refractivity contribution in [3.63, 3.8) is 0 Å². The maximum Gasteiger partial charge on any atom is 0.168 e. The van der Waals surface area contributed by atoms with Crippen LogP contribution in [0.1, 0.15) is 11.3 Å². The number of hydrogen-bond donors (Lipinski definition) is 1. The topological polar surface area (TPSA) is 47.3 Å². The van der Waals surface area contributed by atoms with Crippen molar-refractivity contribution in [1.29, 1.82) is 0 Å². The van der Waals surface area contributed by atoms with Crippen LogP contribution in [0, 0.1) is 0 Å². The van der Waals surface area contributed by atoms with E-state index in [1.54, 1.807) is 25.1 Å². The summed E-state index contributed by atoms with van der Waals surface area (Å²) in [5.74, 6) is 1.68. The van der Waals surface area contributed by atoms with Crippen LogP contribution in [0.4, 0.5) is 0 Å². The average molecular weight is 264 g/mol. The number of thioether (sulfide) groups is 1. The second-order valence-electron chi connectivity index (χ2n) is 3.85. The summed E-state index contributed by atoms with van der Waals surface area (Å²) in [6.07, 6.45) is 1.70. The largest absolute Gasteiger partial charge is 0.496 e. The molecule has 0 aliphatic rings. The lowest BCUT2D eigenvalue weighted by Gasteiger charge is -2.08. The van der Waals surface area contributed by atoms with Gasteiger partial charge in [0.05, 0.1) is 25.6 Å². The van der Waals surface area contributed by atoms with Crippen LogP contribution in [0.2, 0.25) is 0 Å². The van der Waals surface area contributed by atoms with E-state index in [1.807, 2.05) is 35.9 Å². The molecule has 0 saturated heterocycles. The van der Waals surface area contributed by atoms with Crippen molar-refractivity contribution in [3.8, 4) is 5.75 Å². The van der Waals surface area contributed by atoms with Gasteiger partial charge in [0.25, 0.3) is 0 Å². The number of imidazole rings is 1. The zero-order valence-electron chi connectivity index (χ0n) is 10.5. The number of aliphatic hydroxyl groups is 1. The molecule has 0 spiro atoms. The molecule has 0 aliphatic heterocycles. The third kappa shape index (κ3) is 2.68. The average Bonchev–Trinajstić information content (AvgIpc) is 2.77. The highest BCUT2D eigenvalue weighted by molar-refractivity contribution is 7.98. The van der Waals surface area contributed by atoms with Crippen LogP contribution in [-0.2, 0) is 19.4 Å². The van der Waals surface area contributed by atoms with Gasteiger partial charge < -0.3 is 14.4 Å². The zero-order chi connectivity index (χ0) is 13.0.